The van der Waals surface area contributed by atoms with E-state index in [1.165, 1.54) is 23.6 Å². The van der Waals surface area contributed by atoms with Gasteiger partial charge in [-0.1, -0.05) is 6.07 Å². The lowest BCUT2D eigenvalue weighted by Gasteiger charge is -2.01. The van der Waals surface area contributed by atoms with Gasteiger partial charge >= 0.3 is 0 Å². The van der Waals surface area contributed by atoms with Crippen LogP contribution in [0.15, 0.2) is 34.4 Å². The molecule has 1 heterocycles. The summed E-state index contributed by atoms with van der Waals surface area (Å²) < 4.78 is 13.9. The van der Waals surface area contributed by atoms with E-state index in [0.29, 0.717) is 4.88 Å². The maximum atomic E-state index is 13.6. The second-order valence-electron chi connectivity index (χ2n) is 2.80. The number of hydrogen-bond acceptors (Lipinski definition) is 3. The average Bonchev–Trinajstić information content (AvgIpc) is 2.74. The Morgan fingerprint density at radius 2 is 2.27 bits per heavy atom. The Labute approximate surface area is 97.9 Å². The molecular weight excluding hydrogens is 281 g/mol. The predicted octanol–water partition coefficient (Wildman–Crippen LogP) is 3.28. The van der Waals surface area contributed by atoms with Crippen molar-refractivity contribution in [2.45, 2.75) is 0 Å². The average molecular weight is 286 g/mol. The third-order valence-electron chi connectivity index (χ3n) is 1.85. The molecule has 5 heteroatoms. The molecule has 0 spiro atoms. The Morgan fingerprint density at radius 1 is 1.47 bits per heavy atom. The molecule has 0 saturated carbocycles. The van der Waals surface area contributed by atoms with Crippen LogP contribution in [-0.4, -0.2) is 10.8 Å². The van der Waals surface area contributed by atoms with Gasteiger partial charge in [-0.05, 0) is 28.1 Å². The number of benzene rings is 1. The summed E-state index contributed by atoms with van der Waals surface area (Å²) in [4.78, 5) is 16.0. The van der Waals surface area contributed by atoms with E-state index < -0.39 is 5.82 Å². The molecule has 2 aromatic rings. The molecule has 0 fully saturated rings. The number of hydrogen-bond donors (Lipinski definition) is 0. The van der Waals surface area contributed by atoms with Gasteiger partial charge in [-0.15, -0.1) is 11.3 Å². The second-order valence-corrected chi connectivity index (χ2v) is 4.54. The number of rotatable bonds is 2. The first-order chi connectivity index (χ1) is 7.20. The molecule has 0 atom stereocenters. The molecule has 0 aliphatic rings. The van der Waals surface area contributed by atoms with E-state index in [1.54, 1.807) is 17.6 Å². The van der Waals surface area contributed by atoms with Crippen molar-refractivity contribution < 1.29 is 9.18 Å². The molecule has 2 nitrogen and oxygen atoms in total. The van der Waals surface area contributed by atoms with Crippen molar-refractivity contribution in [2.24, 2.45) is 0 Å². The summed E-state index contributed by atoms with van der Waals surface area (Å²) >= 11 is 4.24. The van der Waals surface area contributed by atoms with Gasteiger partial charge in [-0.2, -0.15) is 0 Å². The van der Waals surface area contributed by atoms with Gasteiger partial charge < -0.3 is 0 Å². The van der Waals surface area contributed by atoms with Crippen LogP contribution in [0.3, 0.4) is 0 Å². The summed E-state index contributed by atoms with van der Waals surface area (Å²) in [6, 6.07) is 4.64. The first-order valence-corrected chi connectivity index (χ1v) is 5.74. The van der Waals surface area contributed by atoms with Crippen LogP contribution in [-0.2, 0) is 0 Å². The predicted molar refractivity (Wildman–Crippen MR) is 59.6 cm³/mol. The van der Waals surface area contributed by atoms with Crippen LogP contribution in [0.4, 0.5) is 4.39 Å². The maximum absolute atomic E-state index is 13.6. The number of thiazole rings is 1. The number of halogens is 2. The Bertz CT molecular complexity index is 498. The summed E-state index contributed by atoms with van der Waals surface area (Å²) in [5.41, 5.74) is 1.61. The normalized spacial score (nSPS) is 10.3. The van der Waals surface area contributed by atoms with Crippen molar-refractivity contribution in [1.29, 1.82) is 0 Å². The van der Waals surface area contributed by atoms with Crippen LogP contribution in [0.5, 0.6) is 0 Å². The summed E-state index contributed by atoms with van der Waals surface area (Å²) in [6.07, 6.45) is 1.44. The third-order valence-corrected chi connectivity index (χ3v) is 3.24. The van der Waals surface area contributed by atoms with Gasteiger partial charge in [0.25, 0.3) is 0 Å². The van der Waals surface area contributed by atoms with Gasteiger partial charge in [0.2, 0.25) is 5.78 Å². The van der Waals surface area contributed by atoms with Crippen LogP contribution in [0.2, 0.25) is 0 Å². The van der Waals surface area contributed by atoms with Crippen LogP contribution < -0.4 is 0 Å². The first-order valence-electron chi connectivity index (χ1n) is 4.07. The van der Waals surface area contributed by atoms with Gasteiger partial charge in [-0.3, -0.25) is 9.78 Å². The monoisotopic (exact) mass is 285 g/mol. The lowest BCUT2D eigenvalue weighted by atomic mass is 10.1. The van der Waals surface area contributed by atoms with Crippen molar-refractivity contribution in [3.63, 3.8) is 0 Å². The zero-order valence-electron chi connectivity index (χ0n) is 7.41. The van der Waals surface area contributed by atoms with Crippen LogP contribution in [0, 0.1) is 5.82 Å². The van der Waals surface area contributed by atoms with Crippen molar-refractivity contribution >= 4 is 33.0 Å². The van der Waals surface area contributed by atoms with Gasteiger partial charge in [-0.25, -0.2) is 4.39 Å². The van der Waals surface area contributed by atoms with E-state index in [9.17, 15) is 9.18 Å². The smallest absolute Gasteiger partial charge is 0.207 e. The first kappa shape index (κ1) is 10.4. The molecule has 1 aromatic carbocycles. The Hall–Kier alpha value is -1.07. The number of nitrogens with zero attached hydrogens (tertiary/aromatic N) is 1. The molecule has 0 unspecified atom stereocenters. The highest BCUT2D eigenvalue weighted by Crippen LogP contribution is 2.22. The quantitative estimate of drug-likeness (QED) is 0.793. The minimum Gasteiger partial charge on any atom is -0.288 e. The van der Waals surface area contributed by atoms with Crippen molar-refractivity contribution in [2.75, 3.05) is 0 Å². The van der Waals surface area contributed by atoms with E-state index in [0.717, 1.165) is 0 Å². The lowest BCUT2D eigenvalue weighted by molar-refractivity contribution is 0.103. The molecule has 0 aliphatic carbocycles. The minimum absolute atomic E-state index is 0.0635. The molecule has 76 valence electrons. The van der Waals surface area contributed by atoms with Crippen molar-refractivity contribution in [3.8, 4) is 0 Å². The molecular formula is C10H5BrFNOS. The highest BCUT2D eigenvalue weighted by molar-refractivity contribution is 9.10. The molecule has 0 N–H and O–H groups in total. The van der Waals surface area contributed by atoms with Crippen LogP contribution in [0.1, 0.15) is 15.2 Å². The molecule has 15 heavy (non-hydrogen) atoms. The fourth-order valence-corrected chi connectivity index (χ4v) is 2.08. The molecule has 0 bridgehead atoms. The zero-order valence-corrected chi connectivity index (χ0v) is 9.81. The Kier molecular flexibility index (Phi) is 2.93. The van der Waals surface area contributed by atoms with E-state index in [2.05, 4.69) is 20.9 Å². The van der Waals surface area contributed by atoms with E-state index in [-0.39, 0.29) is 15.8 Å². The molecule has 0 aliphatic heterocycles. The summed E-state index contributed by atoms with van der Waals surface area (Å²) in [5.74, 6) is -0.868. The van der Waals surface area contributed by atoms with Crippen LogP contribution in [0.25, 0.3) is 0 Å². The van der Waals surface area contributed by atoms with E-state index in [4.69, 9.17) is 0 Å². The molecule has 0 saturated heterocycles. The van der Waals surface area contributed by atoms with E-state index >= 15 is 0 Å². The number of ketones is 1. The van der Waals surface area contributed by atoms with E-state index in [1.807, 2.05) is 0 Å². The highest BCUT2D eigenvalue weighted by Gasteiger charge is 2.16. The van der Waals surface area contributed by atoms with Crippen molar-refractivity contribution in [3.05, 3.63) is 50.6 Å². The minimum atomic E-state index is -0.532. The third kappa shape index (κ3) is 1.98. The van der Waals surface area contributed by atoms with Gasteiger partial charge in [0, 0.05) is 6.20 Å². The fourth-order valence-electron chi connectivity index (χ4n) is 1.14. The number of carbonyl (C=O) groups is 1. The number of aromatic nitrogens is 1. The van der Waals surface area contributed by atoms with Crippen molar-refractivity contribution in [1.82, 2.24) is 4.98 Å². The zero-order chi connectivity index (χ0) is 10.8. The number of carbonyl (C=O) groups excluding carboxylic acids is 1. The summed E-state index contributed by atoms with van der Waals surface area (Å²) in [7, 11) is 0. The standard InChI is InChI=1S/C10H5BrFNOS/c11-7-3-1-2-6(9(7)12)10(14)8-4-13-5-15-8/h1-5H. The lowest BCUT2D eigenvalue weighted by Crippen LogP contribution is -2.02. The largest absolute Gasteiger partial charge is 0.288 e. The topological polar surface area (TPSA) is 30.0 Å². The SMILES string of the molecule is O=C(c1cncs1)c1cccc(Br)c1F. The summed E-state index contributed by atoms with van der Waals surface area (Å²) in [5, 5.41) is 0. The molecule has 2 rings (SSSR count). The van der Waals surface area contributed by atoms with Gasteiger partial charge in [0.05, 0.1) is 20.4 Å². The Balaban J connectivity index is 2.47. The maximum Gasteiger partial charge on any atom is 0.207 e. The molecule has 0 amide bonds. The van der Waals surface area contributed by atoms with Gasteiger partial charge in [0.15, 0.2) is 0 Å². The summed E-state index contributed by atoms with van der Waals surface area (Å²) in [6.45, 7) is 0. The Morgan fingerprint density at radius 3 is 2.93 bits per heavy atom. The van der Waals surface area contributed by atoms with Crippen LogP contribution >= 0.6 is 27.3 Å². The molecule has 1 aromatic heterocycles. The van der Waals surface area contributed by atoms with Gasteiger partial charge in [0.1, 0.15) is 5.82 Å². The fraction of sp³-hybridized carbons (Fsp3) is 0. The molecule has 0 radical (unpaired) electrons. The second kappa shape index (κ2) is 4.20. The highest BCUT2D eigenvalue weighted by atomic mass is 79.9.